The number of hydrogen-bond acceptors (Lipinski definition) is 2. The average Bonchev–Trinajstić information content (AvgIpc) is 3.03. The number of hydrogen-bond donors (Lipinski definition) is 1. The first-order chi connectivity index (χ1) is 8.33. The van der Waals surface area contributed by atoms with E-state index in [0.29, 0.717) is 12.5 Å². The van der Waals surface area contributed by atoms with Gasteiger partial charge in [-0.25, -0.2) is 0 Å². The van der Waals surface area contributed by atoms with Gasteiger partial charge in [-0.05, 0) is 31.7 Å². The van der Waals surface area contributed by atoms with E-state index in [2.05, 4.69) is 19.2 Å². The first-order valence-corrected chi connectivity index (χ1v) is 6.86. The zero-order valence-corrected chi connectivity index (χ0v) is 11.6. The highest BCUT2D eigenvalue weighted by molar-refractivity contribution is 4.90. The predicted octanol–water partition coefficient (Wildman–Crippen LogP) is 3.04. The van der Waals surface area contributed by atoms with Gasteiger partial charge in [0.2, 0.25) is 0 Å². The standard InChI is InChI=1S/C13H25F3N2/c1-4-11(8-17-7-10(2)3)18(12-5-6-12)9-13(14,15)16/h10-12,17H,4-9H2,1-3H3. The van der Waals surface area contributed by atoms with E-state index in [-0.39, 0.29) is 12.1 Å². The van der Waals surface area contributed by atoms with Crippen molar-refractivity contribution in [1.82, 2.24) is 10.2 Å². The minimum Gasteiger partial charge on any atom is -0.315 e. The van der Waals surface area contributed by atoms with Crippen LogP contribution in [0.3, 0.4) is 0 Å². The summed E-state index contributed by atoms with van der Waals surface area (Å²) in [5.74, 6) is 0.527. The van der Waals surface area contributed by atoms with Gasteiger partial charge >= 0.3 is 6.18 Å². The lowest BCUT2D eigenvalue weighted by atomic mass is 10.1. The molecule has 108 valence electrons. The van der Waals surface area contributed by atoms with E-state index in [1.807, 2.05) is 6.92 Å². The van der Waals surface area contributed by atoms with Gasteiger partial charge in [-0.3, -0.25) is 4.90 Å². The van der Waals surface area contributed by atoms with Crippen LogP contribution in [-0.2, 0) is 0 Å². The number of nitrogens with zero attached hydrogens (tertiary/aromatic N) is 1. The first kappa shape index (κ1) is 15.8. The van der Waals surface area contributed by atoms with E-state index in [4.69, 9.17) is 0 Å². The van der Waals surface area contributed by atoms with E-state index in [1.165, 1.54) is 0 Å². The van der Waals surface area contributed by atoms with Crippen molar-refractivity contribution in [2.24, 2.45) is 5.92 Å². The lowest BCUT2D eigenvalue weighted by molar-refractivity contribution is -0.152. The summed E-state index contributed by atoms with van der Waals surface area (Å²) in [6, 6.07) is 0.148. The summed E-state index contributed by atoms with van der Waals surface area (Å²) in [6.07, 6.45) is -1.50. The molecule has 1 fully saturated rings. The van der Waals surface area contributed by atoms with Gasteiger partial charge < -0.3 is 5.32 Å². The highest BCUT2D eigenvalue weighted by Gasteiger charge is 2.40. The van der Waals surface area contributed by atoms with E-state index >= 15 is 0 Å². The summed E-state index contributed by atoms with van der Waals surface area (Å²) in [4.78, 5) is 1.65. The molecule has 0 aromatic carbocycles. The van der Waals surface area contributed by atoms with E-state index < -0.39 is 12.7 Å². The fourth-order valence-corrected chi connectivity index (χ4v) is 2.20. The van der Waals surface area contributed by atoms with Gasteiger partial charge in [-0.2, -0.15) is 13.2 Å². The number of alkyl halides is 3. The van der Waals surface area contributed by atoms with Crippen LogP contribution in [0.2, 0.25) is 0 Å². The van der Waals surface area contributed by atoms with Crippen LogP contribution in [0.4, 0.5) is 13.2 Å². The fraction of sp³-hybridized carbons (Fsp3) is 1.00. The molecule has 1 rings (SSSR count). The summed E-state index contributed by atoms with van der Waals surface area (Å²) in [5, 5.41) is 3.28. The van der Waals surface area contributed by atoms with Gasteiger partial charge in [-0.15, -0.1) is 0 Å². The molecule has 1 N–H and O–H groups in total. The van der Waals surface area contributed by atoms with Crippen LogP contribution in [-0.4, -0.2) is 42.8 Å². The van der Waals surface area contributed by atoms with Crippen molar-refractivity contribution in [3.05, 3.63) is 0 Å². The molecule has 5 heteroatoms. The molecule has 1 aliphatic rings. The Kier molecular flexibility index (Phi) is 5.92. The summed E-state index contributed by atoms with van der Waals surface area (Å²) < 4.78 is 37.7. The molecule has 0 radical (unpaired) electrons. The van der Waals surface area contributed by atoms with Crippen LogP contribution >= 0.6 is 0 Å². The first-order valence-electron chi connectivity index (χ1n) is 6.86. The van der Waals surface area contributed by atoms with Crippen molar-refractivity contribution < 1.29 is 13.2 Å². The Morgan fingerprint density at radius 2 is 1.83 bits per heavy atom. The Bertz CT molecular complexity index is 237. The van der Waals surface area contributed by atoms with Crippen LogP contribution in [0.5, 0.6) is 0 Å². The molecule has 0 spiro atoms. The van der Waals surface area contributed by atoms with Gasteiger partial charge in [0.15, 0.2) is 0 Å². The molecule has 2 nitrogen and oxygen atoms in total. The molecule has 0 aromatic heterocycles. The third-order valence-corrected chi connectivity index (χ3v) is 3.25. The van der Waals surface area contributed by atoms with Gasteiger partial charge in [0.1, 0.15) is 0 Å². The lowest BCUT2D eigenvalue weighted by Gasteiger charge is -2.32. The topological polar surface area (TPSA) is 15.3 Å². The number of nitrogens with one attached hydrogen (secondary N) is 1. The second kappa shape index (κ2) is 6.75. The summed E-state index contributed by atoms with van der Waals surface area (Å²) in [6.45, 7) is 6.92. The SMILES string of the molecule is CCC(CNCC(C)C)N(CC(F)(F)F)C1CC1. The highest BCUT2D eigenvalue weighted by atomic mass is 19.4. The Balaban J connectivity index is 2.47. The molecule has 0 saturated heterocycles. The molecule has 0 heterocycles. The van der Waals surface area contributed by atoms with E-state index in [1.54, 1.807) is 4.90 Å². The lowest BCUT2D eigenvalue weighted by Crippen LogP contribution is -2.47. The smallest absolute Gasteiger partial charge is 0.315 e. The Morgan fingerprint density at radius 3 is 2.22 bits per heavy atom. The fourth-order valence-electron chi connectivity index (χ4n) is 2.20. The van der Waals surface area contributed by atoms with Crippen LogP contribution < -0.4 is 5.32 Å². The Hall–Kier alpha value is -0.290. The highest BCUT2D eigenvalue weighted by Crippen LogP contribution is 2.32. The van der Waals surface area contributed by atoms with Crippen LogP contribution in [0, 0.1) is 5.92 Å². The van der Waals surface area contributed by atoms with Crippen molar-refractivity contribution in [2.45, 2.75) is 58.3 Å². The van der Waals surface area contributed by atoms with Crippen LogP contribution in [0.15, 0.2) is 0 Å². The van der Waals surface area contributed by atoms with Crippen LogP contribution in [0.25, 0.3) is 0 Å². The maximum absolute atomic E-state index is 12.6. The molecular weight excluding hydrogens is 241 g/mol. The summed E-state index contributed by atoms with van der Waals surface area (Å²) >= 11 is 0. The molecule has 0 aromatic rings. The minimum atomic E-state index is -4.09. The summed E-state index contributed by atoms with van der Waals surface area (Å²) in [5.41, 5.74) is 0. The maximum atomic E-state index is 12.6. The normalized spacial score (nSPS) is 18.7. The van der Waals surface area contributed by atoms with Crippen molar-refractivity contribution >= 4 is 0 Å². The van der Waals surface area contributed by atoms with E-state index in [0.717, 1.165) is 25.8 Å². The van der Waals surface area contributed by atoms with Gasteiger partial charge in [0, 0.05) is 18.6 Å². The monoisotopic (exact) mass is 266 g/mol. The largest absolute Gasteiger partial charge is 0.401 e. The van der Waals surface area contributed by atoms with Gasteiger partial charge in [0.05, 0.1) is 6.54 Å². The third kappa shape index (κ3) is 6.05. The van der Waals surface area contributed by atoms with Gasteiger partial charge in [0.25, 0.3) is 0 Å². The van der Waals surface area contributed by atoms with E-state index in [9.17, 15) is 13.2 Å². The average molecular weight is 266 g/mol. The molecule has 0 bridgehead atoms. The molecule has 1 atom stereocenters. The third-order valence-electron chi connectivity index (χ3n) is 3.25. The quantitative estimate of drug-likeness (QED) is 0.726. The molecule has 0 amide bonds. The van der Waals surface area contributed by atoms with Crippen molar-refractivity contribution in [2.75, 3.05) is 19.6 Å². The zero-order valence-electron chi connectivity index (χ0n) is 11.6. The summed E-state index contributed by atoms with van der Waals surface area (Å²) in [7, 11) is 0. The minimum absolute atomic E-state index is 0.00197. The molecule has 18 heavy (non-hydrogen) atoms. The van der Waals surface area contributed by atoms with Crippen LogP contribution in [0.1, 0.15) is 40.0 Å². The molecule has 1 aliphatic carbocycles. The zero-order chi connectivity index (χ0) is 13.8. The molecule has 1 saturated carbocycles. The number of rotatable bonds is 8. The Labute approximate surface area is 108 Å². The molecular formula is C13H25F3N2. The van der Waals surface area contributed by atoms with Crippen molar-refractivity contribution in [3.8, 4) is 0 Å². The Morgan fingerprint density at radius 1 is 1.22 bits per heavy atom. The molecule has 1 unspecified atom stereocenters. The molecule has 0 aliphatic heterocycles. The number of halogens is 3. The van der Waals surface area contributed by atoms with Crippen molar-refractivity contribution in [1.29, 1.82) is 0 Å². The maximum Gasteiger partial charge on any atom is 0.401 e. The van der Waals surface area contributed by atoms with Crippen molar-refractivity contribution in [3.63, 3.8) is 0 Å². The second-order valence-corrected chi connectivity index (χ2v) is 5.63. The van der Waals surface area contributed by atoms with Gasteiger partial charge in [-0.1, -0.05) is 20.8 Å². The second-order valence-electron chi connectivity index (χ2n) is 5.63. The predicted molar refractivity (Wildman–Crippen MR) is 67.6 cm³/mol.